The molecular formula is C12H18N2O. The van der Waals surface area contributed by atoms with Crippen molar-refractivity contribution in [3.8, 4) is 0 Å². The molecular weight excluding hydrogens is 188 g/mol. The smallest absolute Gasteiger partial charge is 0.0811 e. The molecule has 3 nitrogen and oxygen atoms in total. The monoisotopic (exact) mass is 206 g/mol. The lowest BCUT2D eigenvalue weighted by molar-refractivity contribution is 0.117. The van der Waals surface area contributed by atoms with Gasteiger partial charge in [-0.1, -0.05) is 19.3 Å². The Morgan fingerprint density at radius 1 is 1.40 bits per heavy atom. The molecule has 0 spiro atoms. The van der Waals surface area contributed by atoms with Gasteiger partial charge in [0.1, 0.15) is 0 Å². The molecule has 1 aromatic rings. The fourth-order valence-electron chi connectivity index (χ4n) is 2.08. The number of nitrogens with zero attached hydrogens (tertiary/aromatic N) is 2. The summed E-state index contributed by atoms with van der Waals surface area (Å²) in [4.78, 5) is 0. The quantitative estimate of drug-likeness (QED) is 0.825. The molecule has 0 radical (unpaired) electrons. The molecule has 1 N–H and O–H groups in total. The fraction of sp³-hybridized carbons (Fsp3) is 0.667. The van der Waals surface area contributed by atoms with Crippen LogP contribution in [0.3, 0.4) is 0 Å². The van der Waals surface area contributed by atoms with Crippen molar-refractivity contribution in [2.45, 2.75) is 45.6 Å². The molecule has 0 aliphatic heterocycles. The van der Waals surface area contributed by atoms with E-state index in [9.17, 15) is 5.11 Å². The highest BCUT2D eigenvalue weighted by Gasteiger charge is 2.23. The number of rotatable bonds is 3. The zero-order valence-electron chi connectivity index (χ0n) is 9.40. The van der Waals surface area contributed by atoms with Crippen LogP contribution in [0, 0.1) is 19.8 Å². The summed E-state index contributed by atoms with van der Waals surface area (Å²) in [5, 5.41) is 18.1. The van der Waals surface area contributed by atoms with E-state index < -0.39 is 0 Å². The summed E-state index contributed by atoms with van der Waals surface area (Å²) in [6.07, 6.45) is 4.39. The normalized spacial score (nSPS) is 18.6. The summed E-state index contributed by atoms with van der Waals surface area (Å²) in [6, 6.07) is 1.95. The maximum atomic E-state index is 10.1. The second-order valence-electron chi connectivity index (χ2n) is 4.57. The minimum atomic E-state index is -0.357. The van der Waals surface area contributed by atoms with Gasteiger partial charge in [0.2, 0.25) is 0 Å². The molecule has 15 heavy (non-hydrogen) atoms. The standard InChI is InChI=1S/C12H18N2O/c1-8-6-11(9(2)14-13-8)12(15)7-10-4-3-5-10/h6,10,12,15H,3-5,7H2,1-2H3. The Morgan fingerprint density at radius 3 is 2.73 bits per heavy atom. The van der Waals surface area contributed by atoms with Crippen molar-refractivity contribution >= 4 is 0 Å². The third kappa shape index (κ3) is 2.34. The van der Waals surface area contributed by atoms with E-state index >= 15 is 0 Å². The van der Waals surface area contributed by atoms with E-state index in [1.54, 1.807) is 0 Å². The average molecular weight is 206 g/mol. The molecule has 1 atom stereocenters. The number of aliphatic hydroxyl groups is 1. The summed E-state index contributed by atoms with van der Waals surface area (Å²) in [7, 11) is 0. The van der Waals surface area contributed by atoms with Crippen LogP contribution in [0.25, 0.3) is 0 Å². The van der Waals surface area contributed by atoms with E-state index in [0.717, 1.165) is 23.4 Å². The largest absolute Gasteiger partial charge is 0.388 e. The molecule has 1 aromatic heterocycles. The van der Waals surface area contributed by atoms with E-state index in [0.29, 0.717) is 5.92 Å². The lowest BCUT2D eigenvalue weighted by atomic mass is 9.80. The SMILES string of the molecule is Cc1cc(C(O)CC2CCC2)c(C)nn1. The Labute approximate surface area is 90.5 Å². The first-order chi connectivity index (χ1) is 7.16. The molecule has 1 aliphatic rings. The Kier molecular flexibility index (Phi) is 3.00. The first-order valence-electron chi connectivity index (χ1n) is 5.65. The van der Waals surface area contributed by atoms with E-state index in [1.807, 2.05) is 19.9 Å². The lowest BCUT2D eigenvalue weighted by Crippen LogP contribution is -2.16. The van der Waals surface area contributed by atoms with Crippen LogP contribution < -0.4 is 0 Å². The third-order valence-corrected chi connectivity index (χ3v) is 3.28. The van der Waals surface area contributed by atoms with Gasteiger partial charge in [0.25, 0.3) is 0 Å². The van der Waals surface area contributed by atoms with Gasteiger partial charge in [-0.15, -0.1) is 0 Å². The number of aromatic nitrogens is 2. The molecule has 1 unspecified atom stereocenters. The average Bonchev–Trinajstić information content (AvgIpc) is 2.15. The zero-order chi connectivity index (χ0) is 10.8. The Bertz CT molecular complexity index is 347. The zero-order valence-corrected chi connectivity index (χ0v) is 9.40. The summed E-state index contributed by atoms with van der Waals surface area (Å²) in [5.41, 5.74) is 2.69. The van der Waals surface area contributed by atoms with Gasteiger partial charge in [0.15, 0.2) is 0 Å². The molecule has 0 saturated heterocycles. The Morgan fingerprint density at radius 2 is 2.13 bits per heavy atom. The van der Waals surface area contributed by atoms with Crippen LogP contribution >= 0.6 is 0 Å². The molecule has 0 amide bonds. The summed E-state index contributed by atoms with van der Waals surface area (Å²) >= 11 is 0. The molecule has 1 fully saturated rings. The fourth-order valence-corrected chi connectivity index (χ4v) is 2.08. The predicted octanol–water partition coefficient (Wildman–Crippen LogP) is 2.32. The number of aryl methyl sites for hydroxylation is 2. The molecule has 1 aliphatic carbocycles. The maximum absolute atomic E-state index is 10.1. The molecule has 1 saturated carbocycles. The van der Waals surface area contributed by atoms with Crippen molar-refractivity contribution < 1.29 is 5.11 Å². The first-order valence-corrected chi connectivity index (χ1v) is 5.65. The van der Waals surface area contributed by atoms with E-state index in [1.165, 1.54) is 19.3 Å². The lowest BCUT2D eigenvalue weighted by Gasteiger charge is -2.27. The minimum absolute atomic E-state index is 0.357. The van der Waals surface area contributed by atoms with Crippen molar-refractivity contribution in [1.29, 1.82) is 0 Å². The van der Waals surface area contributed by atoms with Gasteiger partial charge in [-0.2, -0.15) is 10.2 Å². The van der Waals surface area contributed by atoms with Gasteiger partial charge >= 0.3 is 0 Å². The van der Waals surface area contributed by atoms with Gasteiger partial charge < -0.3 is 5.11 Å². The maximum Gasteiger partial charge on any atom is 0.0811 e. The van der Waals surface area contributed by atoms with Gasteiger partial charge in [0.05, 0.1) is 17.5 Å². The second kappa shape index (κ2) is 4.27. The van der Waals surface area contributed by atoms with Crippen LogP contribution in [0.5, 0.6) is 0 Å². The predicted molar refractivity (Wildman–Crippen MR) is 58.4 cm³/mol. The van der Waals surface area contributed by atoms with Crippen LogP contribution in [0.1, 0.15) is 48.7 Å². The third-order valence-electron chi connectivity index (χ3n) is 3.28. The van der Waals surface area contributed by atoms with E-state index in [4.69, 9.17) is 0 Å². The summed E-state index contributed by atoms with van der Waals surface area (Å²) < 4.78 is 0. The molecule has 0 bridgehead atoms. The molecule has 1 heterocycles. The van der Waals surface area contributed by atoms with Gasteiger partial charge in [0, 0.05) is 5.56 Å². The molecule has 82 valence electrons. The van der Waals surface area contributed by atoms with Crippen LogP contribution in [0.4, 0.5) is 0 Å². The van der Waals surface area contributed by atoms with Crippen LogP contribution in [-0.2, 0) is 0 Å². The van der Waals surface area contributed by atoms with E-state index in [2.05, 4.69) is 10.2 Å². The van der Waals surface area contributed by atoms with E-state index in [-0.39, 0.29) is 6.10 Å². The highest BCUT2D eigenvalue weighted by atomic mass is 16.3. The number of hydrogen-bond acceptors (Lipinski definition) is 3. The van der Waals surface area contributed by atoms with Crippen molar-refractivity contribution in [3.63, 3.8) is 0 Å². The second-order valence-corrected chi connectivity index (χ2v) is 4.57. The highest BCUT2D eigenvalue weighted by Crippen LogP contribution is 2.35. The Balaban J connectivity index is 2.09. The van der Waals surface area contributed by atoms with Gasteiger partial charge in [-0.05, 0) is 32.3 Å². The van der Waals surface area contributed by atoms with Gasteiger partial charge in [-0.25, -0.2) is 0 Å². The van der Waals surface area contributed by atoms with Crippen molar-refractivity contribution in [2.75, 3.05) is 0 Å². The summed E-state index contributed by atoms with van der Waals surface area (Å²) in [5.74, 6) is 0.716. The Hall–Kier alpha value is -0.960. The van der Waals surface area contributed by atoms with Crippen LogP contribution in [0.15, 0.2) is 6.07 Å². The van der Waals surface area contributed by atoms with Gasteiger partial charge in [-0.3, -0.25) is 0 Å². The number of aliphatic hydroxyl groups excluding tert-OH is 1. The van der Waals surface area contributed by atoms with Crippen molar-refractivity contribution in [1.82, 2.24) is 10.2 Å². The minimum Gasteiger partial charge on any atom is -0.388 e. The van der Waals surface area contributed by atoms with Crippen molar-refractivity contribution in [2.24, 2.45) is 5.92 Å². The first kappa shape index (κ1) is 10.6. The topological polar surface area (TPSA) is 46.0 Å². The number of hydrogen-bond donors (Lipinski definition) is 1. The van der Waals surface area contributed by atoms with Crippen molar-refractivity contribution in [3.05, 3.63) is 23.0 Å². The molecule has 3 heteroatoms. The molecule has 0 aromatic carbocycles. The highest BCUT2D eigenvalue weighted by molar-refractivity contribution is 5.22. The van der Waals surface area contributed by atoms with Crippen LogP contribution in [-0.4, -0.2) is 15.3 Å². The molecule has 2 rings (SSSR count). The summed E-state index contributed by atoms with van der Waals surface area (Å²) in [6.45, 7) is 3.82. The van der Waals surface area contributed by atoms with Crippen LogP contribution in [0.2, 0.25) is 0 Å².